The highest BCUT2D eigenvalue weighted by molar-refractivity contribution is 5.74. The van der Waals surface area contributed by atoms with Crippen molar-refractivity contribution in [3.63, 3.8) is 0 Å². The Bertz CT molecular complexity index is 944. The minimum atomic E-state index is -4.45. The molecule has 1 N–H and O–H groups in total. The van der Waals surface area contributed by atoms with Crippen LogP contribution in [0.1, 0.15) is 43.9 Å². The summed E-state index contributed by atoms with van der Waals surface area (Å²) in [6.45, 7) is 5.60. The number of hydrogen-bond acceptors (Lipinski definition) is 6. The van der Waals surface area contributed by atoms with Gasteiger partial charge >= 0.3 is 6.18 Å². The zero-order valence-corrected chi connectivity index (χ0v) is 16.8. The van der Waals surface area contributed by atoms with Crippen LogP contribution in [-0.2, 0) is 11.0 Å². The third-order valence-corrected chi connectivity index (χ3v) is 5.63. The Morgan fingerprint density at radius 1 is 1.20 bits per heavy atom. The van der Waals surface area contributed by atoms with E-state index in [0.29, 0.717) is 24.9 Å². The number of carbonyl (C=O) groups excluding carboxylic acids is 1. The monoisotopic (exact) mass is 420 g/mol. The smallest absolute Gasteiger partial charge is 0.341 e. The molecule has 1 atom stereocenters. The molecule has 7 nitrogen and oxygen atoms in total. The Balaban J connectivity index is 1.63. The van der Waals surface area contributed by atoms with Gasteiger partial charge in [0.2, 0.25) is 11.9 Å². The summed E-state index contributed by atoms with van der Waals surface area (Å²) in [7, 11) is 0. The normalized spacial score (nSPS) is 19.7. The first-order chi connectivity index (χ1) is 14.2. The summed E-state index contributed by atoms with van der Waals surface area (Å²) in [4.78, 5) is 28.6. The van der Waals surface area contributed by atoms with E-state index < -0.39 is 11.7 Å². The van der Waals surface area contributed by atoms with Gasteiger partial charge in [0.25, 0.3) is 0 Å². The average molecular weight is 420 g/mol. The molecule has 30 heavy (non-hydrogen) atoms. The van der Waals surface area contributed by atoms with Crippen molar-refractivity contribution in [1.82, 2.24) is 19.9 Å². The van der Waals surface area contributed by atoms with Gasteiger partial charge in [-0.3, -0.25) is 4.79 Å². The molecule has 2 aromatic heterocycles. The van der Waals surface area contributed by atoms with Crippen LogP contribution in [0.3, 0.4) is 0 Å². The number of alkyl halides is 3. The van der Waals surface area contributed by atoms with Gasteiger partial charge in [-0.25, -0.2) is 9.97 Å². The fraction of sp³-hybridized carbons (Fsp3) is 0.500. The van der Waals surface area contributed by atoms with Crippen molar-refractivity contribution < 1.29 is 18.0 Å². The second-order valence-electron chi connectivity index (χ2n) is 7.84. The molecule has 4 rings (SSSR count). The summed E-state index contributed by atoms with van der Waals surface area (Å²) < 4.78 is 39.1. The van der Waals surface area contributed by atoms with Gasteiger partial charge in [-0.05, 0) is 31.9 Å². The van der Waals surface area contributed by atoms with Gasteiger partial charge in [-0.2, -0.15) is 18.2 Å². The Labute approximate surface area is 172 Å². The highest BCUT2D eigenvalue weighted by atomic mass is 19.4. The van der Waals surface area contributed by atoms with Gasteiger partial charge < -0.3 is 15.1 Å². The van der Waals surface area contributed by atoms with Crippen molar-refractivity contribution in [2.45, 2.75) is 44.8 Å². The molecule has 0 aromatic carbocycles. The summed E-state index contributed by atoms with van der Waals surface area (Å²) in [5, 5.41) is 2.90. The summed E-state index contributed by atoms with van der Waals surface area (Å²) >= 11 is 0. The largest absolute Gasteiger partial charge is 0.416 e. The molecular formula is C20H23F3N6O. The zero-order valence-electron chi connectivity index (χ0n) is 16.8. The maximum atomic E-state index is 13.0. The molecular weight excluding hydrogens is 397 g/mol. The highest BCUT2D eigenvalue weighted by Crippen LogP contribution is 2.33. The Hall–Kier alpha value is -2.91. The van der Waals surface area contributed by atoms with E-state index >= 15 is 0 Å². The lowest BCUT2D eigenvalue weighted by Gasteiger charge is -2.38. The van der Waals surface area contributed by atoms with Crippen molar-refractivity contribution in [2.24, 2.45) is 0 Å². The summed E-state index contributed by atoms with van der Waals surface area (Å²) in [5.41, 5.74) is -0.00941. The van der Waals surface area contributed by atoms with Gasteiger partial charge in [0.15, 0.2) is 0 Å². The minimum absolute atomic E-state index is 0.0141. The zero-order chi connectivity index (χ0) is 21.5. The molecule has 0 aliphatic carbocycles. The van der Waals surface area contributed by atoms with Gasteiger partial charge in [0.1, 0.15) is 11.6 Å². The Kier molecular flexibility index (Phi) is 5.25. The molecule has 2 saturated heterocycles. The van der Waals surface area contributed by atoms with E-state index in [1.807, 2.05) is 0 Å². The van der Waals surface area contributed by atoms with Crippen LogP contribution in [0.4, 0.5) is 30.8 Å². The first-order valence-electron chi connectivity index (χ1n) is 9.92. The number of aromatic nitrogens is 3. The van der Waals surface area contributed by atoms with Gasteiger partial charge in [-0.1, -0.05) is 0 Å². The maximum Gasteiger partial charge on any atom is 0.416 e. The summed E-state index contributed by atoms with van der Waals surface area (Å²) in [6.07, 6.45) is -1.26. The minimum Gasteiger partial charge on any atom is -0.341 e. The number of amides is 1. The Morgan fingerprint density at radius 2 is 1.97 bits per heavy atom. The number of hydrogen-bond donors (Lipinski definition) is 1. The molecule has 0 bridgehead atoms. The molecule has 0 spiro atoms. The van der Waals surface area contributed by atoms with E-state index in [2.05, 4.69) is 27.1 Å². The van der Waals surface area contributed by atoms with E-state index in [4.69, 9.17) is 4.98 Å². The predicted molar refractivity (Wildman–Crippen MR) is 106 cm³/mol. The molecule has 2 aliphatic heterocycles. The topological polar surface area (TPSA) is 74.2 Å². The summed E-state index contributed by atoms with van der Waals surface area (Å²) in [6, 6.07) is 3.91. The van der Waals surface area contributed by atoms with Crippen molar-refractivity contribution in [2.75, 3.05) is 29.9 Å². The highest BCUT2D eigenvalue weighted by Gasteiger charge is 2.33. The SMILES string of the molecule is CC(=O)N1CC(c2cc(Nc3cc(C(F)(F)F)ccn3)nc(N3CCCC3C)n2)C1. The van der Waals surface area contributed by atoms with Crippen LogP contribution in [0.15, 0.2) is 24.4 Å². The first-order valence-corrected chi connectivity index (χ1v) is 9.92. The van der Waals surface area contributed by atoms with E-state index in [0.717, 1.165) is 43.4 Å². The second kappa shape index (κ2) is 7.73. The molecule has 10 heteroatoms. The van der Waals surface area contributed by atoms with Crippen LogP contribution in [0.2, 0.25) is 0 Å². The lowest BCUT2D eigenvalue weighted by atomic mass is 9.96. The number of rotatable bonds is 4. The van der Waals surface area contributed by atoms with Crippen molar-refractivity contribution >= 4 is 23.5 Å². The average Bonchev–Trinajstić information content (AvgIpc) is 3.05. The van der Waals surface area contributed by atoms with E-state index in [1.54, 1.807) is 11.0 Å². The number of likely N-dealkylation sites (tertiary alicyclic amines) is 1. The summed E-state index contributed by atoms with van der Waals surface area (Å²) in [5.74, 6) is 1.09. The quantitative estimate of drug-likeness (QED) is 0.815. The molecule has 2 aliphatic rings. The second-order valence-corrected chi connectivity index (χ2v) is 7.84. The predicted octanol–water partition coefficient (Wildman–Crippen LogP) is 3.57. The van der Waals surface area contributed by atoms with E-state index in [1.165, 1.54) is 6.92 Å². The fourth-order valence-electron chi connectivity index (χ4n) is 3.81. The number of carbonyl (C=O) groups is 1. The molecule has 0 saturated carbocycles. The molecule has 2 aromatic rings. The number of nitrogens with one attached hydrogen (secondary N) is 1. The van der Waals surface area contributed by atoms with Crippen LogP contribution in [-0.4, -0.2) is 51.4 Å². The first kappa shape index (κ1) is 20.4. The third kappa shape index (κ3) is 4.17. The maximum absolute atomic E-state index is 13.0. The van der Waals surface area contributed by atoms with Crippen LogP contribution < -0.4 is 10.2 Å². The molecule has 1 unspecified atom stereocenters. The number of anilines is 3. The molecule has 2 fully saturated rings. The lowest BCUT2D eigenvalue weighted by molar-refractivity contribution is -0.137. The van der Waals surface area contributed by atoms with Gasteiger partial charge in [0.05, 0.1) is 11.3 Å². The van der Waals surface area contributed by atoms with Gasteiger partial charge in [0, 0.05) is 50.8 Å². The molecule has 1 amide bonds. The van der Waals surface area contributed by atoms with Crippen molar-refractivity contribution in [3.8, 4) is 0 Å². The third-order valence-electron chi connectivity index (χ3n) is 5.63. The van der Waals surface area contributed by atoms with Crippen LogP contribution in [0.5, 0.6) is 0 Å². The van der Waals surface area contributed by atoms with Gasteiger partial charge in [-0.15, -0.1) is 0 Å². The molecule has 0 radical (unpaired) electrons. The number of pyridine rings is 1. The Morgan fingerprint density at radius 3 is 2.60 bits per heavy atom. The van der Waals surface area contributed by atoms with Crippen molar-refractivity contribution in [1.29, 1.82) is 0 Å². The molecule has 160 valence electrons. The number of nitrogens with zero attached hydrogens (tertiary/aromatic N) is 5. The van der Waals surface area contributed by atoms with E-state index in [-0.39, 0.29) is 23.7 Å². The van der Waals surface area contributed by atoms with Crippen LogP contribution >= 0.6 is 0 Å². The van der Waals surface area contributed by atoms with Crippen LogP contribution in [0, 0.1) is 0 Å². The lowest BCUT2D eigenvalue weighted by Crippen LogP contribution is -2.47. The standard InChI is InChI=1S/C20H23F3N6O/c1-12-4-3-7-29(12)19-25-16(14-10-28(11-14)13(2)30)9-18(27-19)26-17-8-15(5-6-24-17)20(21,22)23/h5-6,8-9,12,14H,3-4,7,10-11H2,1-2H3,(H,24,25,26,27). The van der Waals surface area contributed by atoms with Crippen molar-refractivity contribution in [3.05, 3.63) is 35.7 Å². The fourth-order valence-corrected chi connectivity index (χ4v) is 3.81. The van der Waals surface area contributed by atoms with E-state index in [9.17, 15) is 18.0 Å². The molecule has 4 heterocycles. The number of halogens is 3. The van der Waals surface area contributed by atoms with Crippen LogP contribution in [0.25, 0.3) is 0 Å².